The number of nitrogens with two attached hydrogens (primary N) is 2. The molecule has 0 atom stereocenters. The molecular weight excluding hydrogens is 362 g/mol. The van der Waals surface area contributed by atoms with Gasteiger partial charge in [-0.05, 0) is 49.2 Å². The lowest BCUT2D eigenvalue weighted by Crippen LogP contribution is -2.38. The third kappa shape index (κ3) is 4.20. The maximum Gasteiger partial charge on any atom is 0.292 e. The van der Waals surface area contributed by atoms with E-state index in [1.54, 1.807) is 12.1 Å². The van der Waals surface area contributed by atoms with Crippen LogP contribution in [0.1, 0.15) is 23.2 Å². The number of rotatable bonds is 5. The highest BCUT2D eigenvalue weighted by atomic mass is 16.6. The van der Waals surface area contributed by atoms with Gasteiger partial charge in [0.2, 0.25) is 5.91 Å². The number of nitro groups is 1. The van der Waals surface area contributed by atoms with Crippen molar-refractivity contribution in [2.45, 2.75) is 12.8 Å². The van der Waals surface area contributed by atoms with Crippen molar-refractivity contribution in [2.24, 2.45) is 11.7 Å². The molecule has 0 spiro atoms. The Hall–Kier alpha value is -3.62. The average Bonchev–Trinajstić information content (AvgIpc) is 2.68. The molecule has 9 heteroatoms. The highest BCUT2D eigenvalue weighted by Gasteiger charge is 2.23. The van der Waals surface area contributed by atoms with Crippen molar-refractivity contribution >= 4 is 34.6 Å². The minimum Gasteiger partial charge on any atom is -0.393 e. The molecule has 1 fully saturated rings. The molecule has 1 aliphatic heterocycles. The number of benzene rings is 2. The van der Waals surface area contributed by atoms with Crippen LogP contribution in [0.2, 0.25) is 0 Å². The second kappa shape index (κ2) is 7.95. The summed E-state index contributed by atoms with van der Waals surface area (Å²) in [6, 6.07) is 11.2. The normalized spacial score (nSPS) is 14.5. The molecule has 0 unspecified atom stereocenters. The Balaban J connectivity index is 1.65. The van der Waals surface area contributed by atoms with E-state index in [-0.39, 0.29) is 28.8 Å². The van der Waals surface area contributed by atoms with Gasteiger partial charge < -0.3 is 21.7 Å². The van der Waals surface area contributed by atoms with Crippen molar-refractivity contribution in [1.29, 1.82) is 0 Å². The Labute approximate surface area is 161 Å². The standard InChI is InChI=1S/C19H21N5O4/c20-16-6-1-13(11-17(16)24(27)28)19(26)22-14-2-4-15(5-3-14)23-9-7-12(8-10-23)18(21)25/h1-6,11-12H,7-10,20H2,(H2,21,25)(H,22,26). The summed E-state index contributed by atoms with van der Waals surface area (Å²) < 4.78 is 0. The number of nitrogens with zero attached hydrogens (tertiary/aromatic N) is 2. The number of primary amides is 1. The van der Waals surface area contributed by atoms with Gasteiger partial charge in [-0.15, -0.1) is 0 Å². The molecular formula is C19H21N5O4. The summed E-state index contributed by atoms with van der Waals surface area (Å²) in [6.45, 7) is 1.49. The summed E-state index contributed by atoms with van der Waals surface area (Å²) in [6.07, 6.45) is 1.45. The van der Waals surface area contributed by atoms with Crippen LogP contribution in [0, 0.1) is 16.0 Å². The van der Waals surface area contributed by atoms with Crippen molar-refractivity contribution in [3.8, 4) is 0 Å². The van der Waals surface area contributed by atoms with Gasteiger partial charge in [-0.2, -0.15) is 0 Å². The first-order valence-corrected chi connectivity index (χ1v) is 8.84. The van der Waals surface area contributed by atoms with Gasteiger partial charge in [-0.3, -0.25) is 19.7 Å². The Morgan fingerprint density at radius 1 is 1.11 bits per heavy atom. The molecule has 2 aromatic rings. The van der Waals surface area contributed by atoms with Crippen molar-refractivity contribution < 1.29 is 14.5 Å². The van der Waals surface area contributed by atoms with E-state index >= 15 is 0 Å². The van der Waals surface area contributed by atoms with Crippen LogP contribution in [0.5, 0.6) is 0 Å². The van der Waals surface area contributed by atoms with Crippen LogP contribution >= 0.6 is 0 Å². The number of amides is 2. The molecule has 0 saturated carbocycles. The molecule has 0 aromatic heterocycles. The second-order valence-corrected chi connectivity index (χ2v) is 6.70. The number of nitrogen functional groups attached to an aromatic ring is 1. The van der Waals surface area contributed by atoms with Crippen LogP contribution < -0.4 is 21.7 Å². The van der Waals surface area contributed by atoms with Crippen LogP contribution in [-0.4, -0.2) is 29.8 Å². The van der Waals surface area contributed by atoms with Crippen molar-refractivity contribution in [1.82, 2.24) is 0 Å². The molecule has 1 saturated heterocycles. The molecule has 5 N–H and O–H groups in total. The predicted molar refractivity (Wildman–Crippen MR) is 106 cm³/mol. The molecule has 3 rings (SSSR count). The lowest BCUT2D eigenvalue weighted by molar-refractivity contribution is -0.383. The number of piperidine rings is 1. The Morgan fingerprint density at radius 3 is 2.32 bits per heavy atom. The van der Waals surface area contributed by atoms with Crippen LogP contribution in [0.15, 0.2) is 42.5 Å². The summed E-state index contributed by atoms with van der Waals surface area (Å²) in [7, 11) is 0. The number of hydrogen-bond donors (Lipinski definition) is 3. The van der Waals surface area contributed by atoms with Gasteiger partial charge in [-0.1, -0.05) is 0 Å². The number of nitro benzene ring substituents is 1. The fourth-order valence-corrected chi connectivity index (χ4v) is 3.22. The Kier molecular flexibility index (Phi) is 5.44. The number of carbonyl (C=O) groups is 2. The first-order valence-electron chi connectivity index (χ1n) is 8.84. The van der Waals surface area contributed by atoms with E-state index < -0.39 is 10.8 Å². The predicted octanol–water partition coefficient (Wildman–Crippen LogP) is 2.13. The van der Waals surface area contributed by atoms with E-state index in [1.807, 2.05) is 12.1 Å². The fourth-order valence-electron chi connectivity index (χ4n) is 3.22. The topological polar surface area (TPSA) is 145 Å². The Morgan fingerprint density at radius 2 is 1.75 bits per heavy atom. The summed E-state index contributed by atoms with van der Waals surface area (Å²) in [5, 5.41) is 13.7. The molecule has 0 bridgehead atoms. The molecule has 146 valence electrons. The first kappa shape index (κ1) is 19.2. The van der Waals surface area contributed by atoms with Gasteiger partial charge in [0.25, 0.3) is 11.6 Å². The minimum absolute atomic E-state index is 0.00556. The number of carbonyl (C=O) groups excluding carboxylic acids is 2. The largest absolute Gasteiger partial charge is 0.393 e. The Bertz CT molecular complexity index is 905. The molecule has 1 heterocycles. The van der Waals surface area contributed by atoms with Gasteiger partial charge in [0.05, 0.1) is 4.92 Å². The molecule has 2 amide bonds. The quantitative estimate of drug-likeness (QED) is 0.410. The van der Waals surface area contributed by atoms with Crippen LogP contribution in [0.4, 0.5) is 22.7 Å². The van der Waals surface area contributed by atoms with E-state index in [2.05, 4.69) is 10.2 Å². The highest BCUT2D eigenvalue weighted by Crippen LogP contribution is 2.26. The van der Waals surface area contributed by atoms with Crippen molar-refractivity contribution in [2.75, 3.05) is 29.0 Å². The van der Waals surface area contributed by atoms with Gasteiger partial charge in [0, 0.05) is 42.0 Å². The summed E-state index contributed by atoms with van der Waals surface area (Å²) in [4.78, 5) is 36.1. The summed E-state index contributed by atoms with van der Waals surface area (Å²) in [5.74, 6) is -0.780. The third-order valence-corrected chi connectivity index (χ3v) is 4.88. The average molecular weight is 383 g/mol. The minimum atomic E-state index is -0.623. The maximum atomic E-state index is 12.4. The molecule has 0 radical (unpaired) electrons. The van der Waals surface area contributed by atoms with E-state index in [9.17, 15) is 19.7 Å². The van der Waals surface area contributed by atoms with Gasteiger partial charge in [-0.25, -0.2) is 0 Å². The van der Waals surface area contributed by atoms with Crippen LogP contribution in [0.25, 0.3) is 0 Å². The fraction of sp³-hybridized carbons (Fsp3) is 0.263. The third-order valence-electron chi connectivity index (χ3n) is 4.88. The van der Waals surface area contributed by atoms with Crippen molar-refractivity contribution in [3.63, 3.8) is 0 Å². The van der Waals surface area contributed by atoms with E-state index in [1.165, 1.54) is 12.1 Å². The molecule has 0 aliphatic carbocycles. The highest BCUT2D eigenvalue weighted by molar-refractivity contribution is 6.05. The zero-order valence-electron chi connectivity index (χ0n) is 15.1. The molecule has 1 aliphatic rings. The summed E-state index contributed by atoms with van der Waals surface area (Å²) in [5.41, 5.74) is 12.3. The SMILES string of the molecule is NC(=O)C1CCN(c2ccc(NC(=O)c3ccc(N)c([N+](=O)[O-])c3)cc2)CC1. The number of anilines is 3. The van der Waals surface area contributed by atoms with Gasteiger partial charge in [0.1, 0.15) is 5.69 Å². The maximum absolute atomic E-state index is 12.4. The van der Waals surface area contributed by atoms with E-state index in [4.69, 9.17) is 11.5 Å². The zero-order chi connectivity index (χ0) is 20.3. The zero-order valence-corrected chi connectivity index (χ0v) is 15.1. The molecule has 28 heavy (non-hydrogen) atoms. The van der Waals surface area contributed by atoms with Crippen LogP contribution in [-0.2, 0) is 4.79 Å². The van der Waals surface area contributed by atoms with E-state index in [0.29, 0.717) is 5.69 Å². The van der Waals surface area contributed by atoms with Gasteiger partial charge in [0.15, 0.2) is 0 Å². The number of nitrogens with one attached hydrogen (secondary N) is 1. The number of hydrogen-bond acceptors (Lipinski definition) is 6. The van der Waals surface area contributed by atoms with Crippen molar-refractivity contribution in [3.05, 3.63) is 58.1 Å². The summed E-state index contributed by atoms with van der Waals surface area (Å²) >= 11 is 0. The lowest BCUT2D eigenvalue weighted by Gasteiger charge is -2.32. The van der Waals surface area contributed by atoms with E-state index in [0.717, 1.165) is 37.7 Å². The van der Waals surface area contributed by atoms with Crippen LogP contribution in [0.3, 0.4) is 0 Å². The van der Waals surface area contributed by atoms with Gasteiger partial charge >= 0.3 is 0 Å². The molecule has 2 aromatic carbocycles. The second-order valence-electron chi connectivity index (χ2n) is 6.70. The monoisotopic (exact) mass is 383 g/mol. The first-order chi connectivity index (χ1) is 13.3. The lowest BCUT2D eigenvalue weighted by atomic mass is 9.96. The smallest absolute Gasteiger partial charge is 0.292 e. The molecule has 9 nitrogen and oxygen atoms in total.